The summed E-state index contributed by atoms with van der Waals surface area (Å²) in [4.78, 5) is 0. The molecule has 0 aliphatic rings. The molecule has 150 valence electrons. The Morgan fingerprint density at radius 3 is 2.54 bits per heavy atom. The largest absolute Gasteiger partial charge is 0.489 e. The van der Waals surface area contributed by atoms with Crippen molar-refractivity contribution in [2.75, 3.05) is 19.8 Å². The second-order valence-electron chi connectivity index (χ2n) is 6.41. The van der Waals surface area contributed by atoms with Crippen LogP contribution in [-0.4, -0.2) is 19.8 Å². The number of nitrogens with one attached hydrogen (secondary N) is 1. The summed E-state index contributed by atoms with van der Waals surface area (Å²) in [5.74, 6) is 0.918. The van der Waals surface area contributed by atoms with E-state index in [-0.39, 0.29) is 12.4 Å². The zero-order valence-corrected chi connectivity index (χ0v) is 17.7. The van der Waals surface area contributed by atoms with Crippen LogP contribution in [0.3, 0.4) is 0 Å². The fraction of sp³-hybridized carbons (Fsp3) is 0.304. The second-order valence-corrected chi connectivity index (χ2v) is 6.84. The van der Waals surface area contributed by atoms with Crippen LogP contribution in [-0.2, 0) is 17.9 Å². The van der Waals surface area contributed by atoms with Gasteiger partial charge < -0.3 is 14.8 Å². The summed E-state index contributed by atoms with van der Waals surface area (Å²) in [5, 5.41) is 6.71. The van der Waals surface area contributed by atoms with Crippen LogP contribution in [0.25, 0.3) is 10.8 Å². The molecule has 0 spiro atoms. The molecule has 3 nitrogen and oxygen atoms in total. The Morgan fingerprint density at radius 2 is 1.75 bits per heavy atom. The molecule has 0 amide bonds. The van der Waals surface area contributed by atoms with E-state index in [1.165, 1.54) is 16.3 Å². The predicted octanol–water partition coefficient (Wildman–Crippen LogP) is 6.01. The van der Waals surface area contributed by atoms with E-state index >= 15 is 0 Å². The monoisotopic (exact) mass is 419 g/mol. The molecular formula is C23H27Cl2NO2. The average Bonchev–Trinajstić information content (AvgIpc) is 2.70. The van der Waals surface area contributed by atoms with E-state index < -0.39 is 0 Å². The van der Waals surface area contributed by atoms with Gasteiger partial charge in [0.2, 0.25) is 0 Å². The van der Waals surface area contributed by atoms with Crippen LogP contribution in [0.15, 0.2) is 60.7 Å². The number of ether oxygens (including phenoxy) is 2. The molecule has 3 rings (SSSR count). The van der Waals surface area contributed by atoms with Crippen molar-refractivity contribution < 1.29 is 9.47 Å². The van der Waals surface area contributed by atoms with Gasteiger partial charge in [-0.1, -0.05) is 54.1 Å². The molecule has 0 heterocycles. The van der Waals surface area contributed by atoms with Crippen molar-refractivity contribution in [3.63, 3.8) is 0 Å². The molecule has 0 aromatic heterocycles. The molecule has 0 radical (unpaired) electrons. The van der Waals surface area contributed by atoms with Gasteiger partial charge >= 0.3 is 0 Å². The highest BCUT2D eigenvalue weighted by Gasteiger charge is 2.09. The minimum Gasteiger partial charge on any atom is -0.489 e. The van der Waals surface area contributed by atoms with Crippen LogP contribution in [0.2, 0.25) is 5.02 Å². The van der Waals surface area contributed by atoms with E-state index in [0.29, 0.717) is 6.61 Å². The summed E-state index contributed by atoms with van der Waals surface area (Å²) < 4.78 is 11.6. The molecule has 0 unspecified atom stereocenters. The summed E-state index contributed by atoms with van der Waals surface area (Å²) >= 11 is 5.96. The van der Waals surface area contributed by atoms with Crippen molar-refractivity contribution in [2.45, 2.75) is 26.5 Å². The number of halogens is 2. The first-order valence-corrected chi connectivity index (χ1v) is 9.82. The second kappa shape index (κ2) is 11.9. The molecule has 3 aromatic carbocycles. The Hall–Kier alpha value is -1.78. The van der Waals surface area contributed by atoms with Crippen molar-refractivity contribution in [1.82, 2.24) is 5.32 Å². The molecule has 0 atom stereocenters. The van der Waals surface area contributed by atoms with Crippen LogP contribution in [0.5, 0.6) is 5.75 Å². The lowest BCUT2D eigenvalue weighted by Crippen LogP contribution is -2.17. The SMILES string of the molecule is CCOCCCNCc1c(OCc2ccc(Cl)cc2)ccc2ccccc12.Cl. The summed E-state index contributed by atoms with van der Waals surface area (Å²) in [6, 6.07) is 20.4. The van der Waals surface area contributed by atoms with Gasteiger partial charge in [0, 0.05) is 30.3 Å². The predicted molar refractivity (Wildman–Crippen MR) is 120 cm³/mol. The van der Waals surface area contributed by atoms with Crippen LogP contribution in [0, 0.1) is 0 Å². The van der Waals surface area contributed by atoms with Crippen molar-refractivity contribution in [3.05, 3.63) is 76.8 Å². The third-order valence-electron chi connectivity index (χ3n) is 4.45. The van der Waals surface area contributed by atoms with Gasteiger partial charge in [0.15, 0.2) is 0 Å². The van der Waals surface area contributed by atoms with Crippen LogP contribution in [0.1, 0.15) is 24.5 Å². The Labute approximate surface area is 178 Å². The van der Waals surface area contributed by atoms with E-state index in [9.17, 15) is 0 Å². The lowest BCUT2D eigenvalue weighted by atomic mass is 10.0. The molecule has 3 aromatic rings. The number of benzene rings is 3. The minimum absolute atomic E-state index is 0. The van der Waals surface area contributed by atoms with E-state index in [2.05, 4.69) is 41.7 Å². The fourth-order valence-corrected chi connectivity index (χ4v) is 3.16. The quantitative estimate of drug-likeness (QED) is 0.408. The highest BCUT2D eigenvalue weighted by atomic mass is 35.5. The molecule has 28 heavy (non-hydrogen) atoms. The normalized spacial score (nSPS) is 10.6. The van der Waals surface area contributed by atoms with Gasteiger partial charge in [0.25, 0.3) is 0 Å². The molecule has 0 aliphatic carbocycles. The van der Waals surface area contributed by atoms with E-state index in [1.54, 1.807) is 0 Å². The molecular weight excluding hydrogens is 393 g/mol. The molecule has 0 bridgehead atoms. The lowest BCUT2D eigenvalue weighted by Gasteiger charge is -2.15. The summed E-state index contributed by atoms with van der Waals surface area (Å²) in [7, 11) is 0. The first-order chi connectivity index (χ1) is 13.3. The van der Waals surface area contributed by atoms with Gasteiger partial charge in [-0.2, -0.15) is 0 Å². The zero-order valence-electron chi connectivity index (χ0n) is 16.1. The third-order valence-corrected chi connectivity index (χ3v) is 4.71. The fourth-order valence-electron chi connectivity index (χ4n) is 3.03. The Bertz CT molecular complexity index is 853. The number of hydrogen-bond acceptors (Lipinski definition) is 3. The van der Waals surface area contributed by atoms with E-state index in [4.69, 9.17) is 21.1 Å². The number of fused-ring (bicyclic) bond motifs is 1. The molecule has 0 saturated heterocycles. The minimum atomic E-state index is 0. The highest BCUT2D eigenvalue weighted by Crippen LogP contribution is 2.29. The molecule has 0 fully saturated rings. The lowest BCUT2D eigenvalue weighted by molar-refractivity contribution is 0.144. The van der Waals surface area contributed by atoms with Gasteiger partial charge in [-0.3, -0.25) is 0 Å². The Morgan fingerprint density at radius 1 is 0.964 bits per heavy atom. The molecule has 0 aliphatic heterocycles. The van der Waals surface area contributed by atoms with Gasteiger partial charge in [0.05, 0.1) is 0 Å². The molecule has 1 N–H and O–H groups in total. The van der Waals surface area contributed by atoms with Crippen molar-refractivity contribution in [3.8, 4) is 5.75 Å². The van der Waals surface area contributed by atoms with E-state index in [0.717, 1.165) is 49.1 Å². The third kappa shape index (κ3) is 6.39. The highest BCUT2D eigenvalue weighted by molar-refractivity contribution is 6.30. The van der Waals surface area contributed by atoms with Crippen LogP contribution >= 0.6 is 24.0 Å². The number of hydrogen-bond donors (Lipinski definition) is 1. The van der Waals surface area contributed by atoms with Gasteiger partial charge in [0.1, 0.15) is 12.4 Å². The summed E-state index contributed by atoms with van der Waals surface area (Å²) in [5.41, 5.74) is 2.29. The molecule has 0 saturated carbocycles. The first kappa shape index (κ1) is 22.5. The van der Waals surface area contributed by atoms with E-state index in [1.807, 2.05) is 31.2 Å². The Kier molecular flexibility index (Phi) is 9.59. The zero-order chi connectivity index (χ0) is 18.9. The molecule has 5 heteroatoms. The smallest absolute Gasteiger partial charge is 0.124 e. The van der Waals surface area contributed by atoms with Crippen molar-refractivity contribution in [1.29, 1.82) is 0 Å². The van der Waals surface area contributed by atoms with Gasteiger partial charge in [-0.25, -0.2) is 0 Å². The maximum Gasteiger partial charge on any atom is 0.124 e. The first-order valence-electron chi connectivity index (χ1n) is 9.44. The van der Waals surface area contributed by atoms with Gasteiger partial charge in [-0.05, 0) is 54.4 Å². The van der Waals surface area contributed by atoms with Crippen LogP contribution < -0.4 is 10.1 Å². The standard InChI is InChI=1S/C23H26ClNO2.ClH/c1-2-26-15-5-14-25-16-22-21-7-4-3-6-19(21)10-13-23(22)27-17-18-8-11-20(24)12-9-18;/h3-4,6-13,25H,2,5,14-17H2,1H3;1H. The summed E-state index contributed by atoms with van der Waals surface area (Å²) in [6.45, 7) is 5.79. The topological polar surface area (TPSA) is 30.5 Å². The number of rotatable bonds is 10. The maximum atomic E-state index is 6.16. The van der Waals surface area contributed by atoms with Crippen LogP contribution in [0.4, 0.5) is 0 Å². The Balaban J connectivity index is 0.00000280. The van der Waals surface area contributed by atoms with Gasteiger partial charge in [-0.15, -0.1) is 12.4 Å². The van der Waals surface area contributed by atoms with Crippen molar-refractivity contribution >= 4 is 34.8 Å². The average molecular weight is 420 g/mol. The maximum absolute atomic E-state index is 6.16. The van der Waals surface area contributed by atoms with Crippen molar-refractivity contribution in [2.24, 2.45) is 0 Å². The summed E-state index contributed by atoms with van der Waals surface area (Å²) in [6.07, 6.45) is 1.000.